The molecule has 2 N–H and O–H groups in total. The Hall–Kier alpha value is -0.220. The molecule has 0 aliphatic carbocycles. The van der Waals surface area contributed by atoms with E-state index in [0.717, 1.165) is 12.8 Å². The first kappa shape index (κ1) is 20.8. The van der Waals surface area contributed by atoms with Crippen molar-refractivity contribution in [3.8, 4) is 0 Å². The summed E-state index contributed by atoms with van der Waals surface area (Å²) in [6.45, 7) is 2.76. The SMILES string of the molecule is CCCCCCCCCCCCCCOC(=O)C(N)CS. The zero-order chi connectivity index (χ0) is 15.8. The number of ether oxygens (including phenoxy) is 1. The Bertz CT molecular complexity index is 237. The van der Waals surface area contributed by atoms with Gasteiger partial charge in [-0.2, -0.15) is 12.6 Å². The average molecular weight is 318 g/mol. The molecule has 1 atom stereocenters. The fourth-order valence-electron chi connectivity index (χ4n) is 2.30. The molecule has 21 heavy (non-hydrogen) atoms. The van der Waals surface area contributed by atoms with E-state index in [1.165, 1.54) is 64.2 Å². The minimum atomic E-state index is -0.578. The molecular formula is C17H35NO2S. The zero-order valence-corrected chi connectivity index (χ0v) is 14.7. The zero-order valence-electron chi connectivity index (χ0n) is 13.8. The quantitative estimate of drug-likeness (QED) is 0.266. The first-order valence-corrected chi connectivity index (χ1v) is 9.38. The van der Waals surface area contributed by atoms with Crippen molar-refractivity contribution in [2.24, 2.45) is 5.73 Å². The predicted molar refractivity (Wildman–Crippen MR) is 93.9 cm³/mol. The van der Waals surface area contributed by atoms with Gasteiger partial charge in [0.25, 0.3) is 0 Å². The van der Waals surface area contributed by atoms with E-state index in [2.05, 4.69) is 19.6 Å². The van der Waals surface area contributed by atoms with Gasteiger partial charge in [0.1, 0.15) is 6.04 Å². The highest BCUT2D eigenvalue weighted by molar-refractivity contribution is 7.80. The van der Waals surface area contributed by atoms with Gasteiger partial charge >= 0.3 is 5.97 Å². The summed E-state index contributed by atoms with van der Waals surface area (Å²) in [5, 5.41) is 0. The van der Waals surface area contributed by atoms with Crippen LogP contribution in [0.5, 0.6) is 0 Å². The van der Waals surface area contributed by atoms with Crippen LogP contribution >= 0.6 is 12.6 Å². The Labute approximate surface area is 136 Å². The molecule has 4 heteroatoms. The number of unbranched alkanes of at least 4 members (excludes halogenated alkanes) is 11. The molecule has 0 radical (unpaired) electrons. The van der Waals surface area contributed by atoms with Crippen LogP contribution in [0.3, 0.4) is 0 Å². The fraction of sp³-hybridized carbons (Fsp3) is 0.941. The summed E-state index contributed by atoms with van der Waals surface area (Å²) in [5.41, 5.74) is 5.51. The van der Waals surface area contributed by atoms with Gasteiger partial charge in [0.2, 0.25) is 0 Å². The largest absolute Gasteiger partial charge is 0.465 e. The van der Waals surface area contributed by atoms with Crippen LogP contribution < -0.4 is 5.73 Å². The maximum absolute atomic E-state index is 11.3. The minimum absolute atomic E-state index is 0.326. The Morgan fingerprint density at radius 2 is 1.33 bits per heavy atom. The standard InChI is InChI=1S/C17H35NO2S/c1-2-3-4-5-6-7-8-9-10-11-12-13-14-20-17(19)16(18)15-21/h16,21H,2-15,18H2,1H3. The highest BCUT2D eigenvalue weighted by Crippen LogP contribution is 2.11. The molecule has 0 amide bonds. The molecule has 0 saturated carbocycles. The van der Waals surface area contributed by atoms with Crippen molar-refractivity contribution in [1.29, 1.82) is 0 Å². The molecule has 0 aliphatic rings. The molecule has 1 unspecified atom stereocenters. The highest BCUT2D eigenvalue weighted by atomic mass is 32.1. The number of nitrogens with two attached hydrogens (primary N) is 1. The molecule has 126 valence electrons. The smallest absolute Gasteiger partial charge is 0.323 e. The molecule has 0 spiro atoms. The van der Waals surface area contributed by atoms with E-state index in [0.29, 0.717) is 12.4 Å². The molecule has 0 rings (SSSR count). The number of esters is 1. The van der Waals surface area contributed by atoms with Crippen molar-refractivity contribution in [1.82, 2.24) is 0 Å². The summed E-state index contributed by atoms with van der Waals surface area (Å²) in [5.74, 6) is 0.0187. The van der Waals surface area contributed by atoms with Gasteiger partial charge < -0.3 is 10.5 Å². The normalized spacial score (nSPS) is 12.3. The van der Waals surface area contributed by atoms with Gasteiger partial charge in [0.05, 0.1) is 6.61 Å². The van der Waals surface area contributed by atoms with E-state index < -0.39 is 6.04 Å². The maximum Gasteiger partial charge on any atom is 0.323 e. The lowest BCUT2D eigenvalue weighted by molar-refractivity contribution is -0.144. The van der Waals surface area contributed by atoms with Crippen LogP contribution in [-0.4, -0.2) is 24.4 Å². The van der Waals surface area contributed by atoms with E-state index in [9.17, 15) is 4.79 Å². The van der Waals surface area contributed by atoms with Crippen molar-refractivity contribution in [2.75, 3.05) is 12.4 Å². The average Bonchev–Trinajstić information content (AvgIpc) is 2.50. The molecule has 0 aromatic carbocycles. The summed E-state index contributed by atoms with van der Waals surface area (Å²) in [6.07, 6.45) is 15.7. The molecule has 0 heterocycles. The van der Waals surface area contributed by atoms with Crippen LogP contribution in [0.2, 0.25) is 0 Å². The van der Waals surface area contributed by atoms with Crippen LogP contribution in [0.1, 0.15) is 84.0 Å². The van der Waals surface area contributed by atoms with Crippen molar-refractivity contribution < 1.29 is 9.53 Å². The maximum atomic E-state index is 11.3. The summed E-state index contributed by atoms with van der Waals surface area (Å²) < 4.78 is 5.07. The Kier molecular flexibility index (Phi) is 16.0. The number of hydrogen-bond donors (Lipinski definition) is 2. The van der Waals surface area contributed by atoms with Crippen LogP contribution in [0.4, 0.5) is 0 Å². The summed E-state index contributed by atoms with van der Waals surface area (Å²) in [4.78, 5) is 11.3. The Morgan fingerprint density at radius 3 is 1.76 bits per heavy atom. The number of hydrogen-bond acceptors (Lipinski definition) is 4. The van der Waals surface area contributed by atoms with Gasteiger partial charge in [0, 0.05) is 5.75 Å². The van der Waals surface area contributed by atoms with Gasteiger partial charge in [-0.15, -0.1) is 0 Å². The molecule has 0 bridgehead atoms. The lowest BCUT2D eigenvalue weighted by atomic mass is 10.1. The van der Waals surface area contributed by atoms with Crippen LogP contribution in [-0.2, 0) is 9.53 Å². The number of rotatable bonds is 15. The topological polar surface area (TPSA) is 52.3 Å². The molecule has 0 saturated heterocycles. The molecule has 0 fully saturated rings. The number of carbonyl (C=O) groups excluding carboxylic acids is 1. The lowest BCUT2D eigenvalue weighted by Crippen LogP contribution is -2.34. The second-order valence-electron chi connectivity index (χ2n) is 5.85. The van der Waals surface area contributed by atoms with Crippen molar-refractivity contribution >= 4 is 18.6 Å². The summed E-state index contributed by atoms with van der Waals surface area (Å²) >= 11 is 3.97. The van der Waals surface area contributed by atoms with E-state index in [1.807, 2.05) is 0 Å². The third kappa shape index (κ3) is 14.5. The molecular weight excluding hydrogens is 282 g/mol. The molecule has 0 aromatic heterocycles. The minimum Gasteiger partial charge on any atom is -0.465 e. The van der Waals surface area contributed by atoms with Gasteiger partial charge in [-0.05, 0) is 6.42 Å². The van der Waals surface area contributed by atoms with E-state index in [4.69, 9.17) is 10.5 Å². The first-order chi connectivity index (χ1) is 10.2. The Balaban J connectivity index is 3.11. The lowest BCUT2D eigenvalue weighted by Gasteiger charge is -2.08. The van der Waals surface area contributed by atoms with Gasteiger partial charge in [0.15, 0.2) is 0 Å². The van der Waals surface area contributed by atoms with Crippen molar-refractivity contribution in [3.63, 3.8) is 0 Å². The second-order valence-corrected chi connectivity index (χ2v) is 6.21. The summed E-state index contributed by atoms with van der Waals surface area (Å²) in [7, 11) is 0. The predicted octanol–water partition coefficient (Wildman–Crippen LogP) is 4.49. The van der Waals surface area contributed by atoms with Crippen molar-refractivity contribution in [3.05, 3.63) is 0 Å². The monoisotopic (exact) mass is 317 g/mol. The highest BCUT2D eigenvalue weighted by Gasteiger charge is 2.11. The second kappa shape index (κ2) is 16.2. The third-order valence-electron chi connectivity index (χ3n) is 3.74. The van der Waals surface area contributed by atoms with Crippen LogP contribution in [0, 0.1) is 0 Å². The molecule has 3 nitrogen and oxygen atoms in total. The number of carbonyl (C=O) groups is 1. The third-order valence-corrected chi connectivity index (χ3v) is 4.14. The fourth-order valence-corrected chi connectivity index (χ4v) is 2.45. The van der Waals surface area contributed by atoms with Gasteiger partial charge in [-0.1, -0.05) is 77.6 Å². The molecule has 0 aliphatic heterocycles. The molecule has 0 aromatic rings. The Morgan fingerprint density at radius 1 is 0.905 bits per heavy atom. The number of thiol groups is 1. The van der Waals surface area contributed by atoms with Crippen molar-refractivity contribution in [2.45, 2.75) is 90.0 Å². The van der Waals surface area contributed by atoms with Crippen LogP contribution in [0.25, 0.3) is 0 Å². The van der Waals surface area contributed by atoms with E-state index >= 15 is 0 Å². The van der Waals surface area contributed by atoms with Crippen LogP contribution in [0.15, 0.2) is 0 Å². The van der Waals surface area contributed by atoms with Gasteiger partial charge in [-0.25, -0.2) is 0 Å². The first-order valence-electron chi connectivity index (χ1n) is 8.75. The van der Waals surface area contributed by atoms with Gasteiger partial charge in [-0.3, -0.25) is 4.79 Å². The summed E-state index contributed by atoms with van der Waals surface area (Å²) in [6, 6.07) is -0.578. The van der Waals surface area contributed by atoms with E-state index in [-0.39, 0.29) is 5.97 Å². The van der Waals surface area contributed by atoms with E-state index in [1.54, 1.807) is 0 Å².